The molecule has 0 spiro atoms. The number of hydrogen-bond acceptors (Lipinski definition) is 2. The van der Waals surface area contributed by atoms with Crippen molar-refractivity contribution in [2.75, 3.05) is 0 Å². The molecule has 0 saturated carbocycles. The van der Waals surface area contributed by atoms with Gasteiger partial charge in [0.2, 0.25) is 0 Å². The third kappa shape index (κ3) is 2.75. The highest BCUT2D eigenvalue weighted by molar-refractivity contribution is 14.0. The molecule has 11 heavy (non-hydrogen) atoms. The average molecular weight is 263 g/mol. The van der Waals surface area contributed by atoms with Crippen LogP contribution >= 0.6 is 24.0 Å². The lowest BCUT2D eigenvalue weighted by molar-refractivity contribution is 1.23. The zero-order chi connectivity index (χ0) is 7.40. The van der Waals surface area contributed by atoms with Crippen LogP contribution in [0, 0.1) is 0 Å². The highest BCUT2D eigenvalue weighted by Crippen LogP contribution is 1.95. The van der Waals surface area contributed by atoms with Gasteiger partial charge in [0, 0.05) is 5.56 Å². The molecule has 0 atom stereocenters. The van der Waals surface area contributed by atoms with E-state index in [0.717, 1.165) is 5.56 Å². The van der Waals surface area contributed by atoms with Gasteiger partial charge >= 0.3 is 0 Å². The first-order valence-electron chi connectivity index (χ1n) is 2.93. The molecule has 3 nitrogen and oxygen atoms in total. The minimum absolute atomic E-state index is 0. The average Bonchev–Trinajstić information content (AvgIpc) is 2.05. The van der Waals surface area contributed by atoms with Crippen molar-refractivity contribution in [2.45, 2.75) is 0 Å². The van der Waals surface area contributed by atoms with Gasteiger partial charge in [0.1, 0.15) is 5.84 Å². The van der Waals surface area contributed by atoms with E-state index in [4.69, 9.17) is 11.6 Å². The van der Waals surface area contributed by atoms with Crippen LogP contribution in [0.4, 0.5) is 0 Å². The topological polar surface area (TPSA) is 64.4 Å². The first-order valence-corrected chi connectivity index (χ1v) is 2.93. The predicted molar refractivity (Wildman–Crippen MR) is 56.8 cm³/mol. The molecular formula is C7H10IN3. The van der Waals surface area contributed by atoms with Crippen LogP contribution in [0.5, 0.6) is 0 Å². The van der Waals surface area contributed by atoms with Crippen molar-refractivity contribution < 1.29 is 0 Å². The molecule has 0 amide bonds. The zero-order valence-corrected chi connectivity index (χ0v) is 8.23. The highest BCUT2D eigenvalue weighted by atomic mass is 127. The van der Waals surface area contributed by atoms with Crippen LogP contribution in [0.15, 0.2) is 35.4 Å². The standard InChI is InChI=1S/C7H9N3.HI/c8-7(10-9)6-4-2-1-3-5-6;/h1-5H,9H2,(H2,8,10);1H. The Labute approximate surface area is 82.5 Å². The molecule has 1 aromatic rings. The zero-order valence-electron chi connectivity index (χ0n) is 5.90. The van der Waals surface area contributed by atoms with E-state index >= 15 is 0 Å². The van der Waals surface area contributed by atoms with Crippen molar-refractivity contribution >= 4 is 29.8 Å². The van der Waals surface area contributed by atoms with E-state index in [0.29, 0.717) is 5.84 Å². The van der Waals surface area contributed by atoms with Gasteiger partial charge in [-0.05, 0) is 0 Å². The summed E-state index contributed by atoms with van der Waals surface area (Å²) in [4.78, 5) is 0. The summed E-state index contributed by atoms with van der Waals surface area (Å²) in [6.07, 6.45) is 0. The first-order chi connectivity index (χ1) is 4.84. The predicted octanol–water partition coefficient (Wildman–Crippen LogP) is 0.884. The molecule has 1 rings (SSSR count). The number of nitrogens with zero attached hydrogens (tertiary/aromatic N) is 1. The molecule has 0 bridgehead atoms. The van der Waals surface area contributed by atoms with Gasteiger partial charge in [-0.25, -0.2) is 0 Å². The van der Waals surface area contributed by atoms with E-state index in [1.54, 1.807) is 0 Å². The second-order valence-corrected chi connectivity index (χ2v) is 1.88. The summed E-state index contributed by atoms with van der Waals surface area (Å²) < 4.78 is 0. The molecule has 0 aromatic heterocycles. The molecule has 1 aromatic carbocycles. The smallest absolute Gasteiger partial charge is 0.150 e. The maximum atomic E-state index is 5.42. The Morgan fingerprint density at radius 1 is 1.18 bits per heavy atom. The number of halogens is 1. The lowest BCUT2D eigenvalue weighted by Gasteiger charge is -1.95. The summed E-state index contributed by atoms with van der Waals surface area (Å²) in [6, 6.07) is 9.38. The van der Waals surface area contributed by atoms with Crippen LogP contribution in [0.1, 0.15) is 5.56 Å². The Morgan fingerprint density at radius 3 is 2.18 bits per heavy atom. The van der Waals surface area contributed by atoms with E-state index in [2.05, 4.69) is 5.10 Å². The van der Waals surface area contributed by atoms with E-state index in [9.17, 15) is 0 Å². The number of amidine groups is 1. The summed E-state index contributed by atoms with van der Waals surface area (Å²) >= 11 is 0. The summed E-state index contributed by atoms with van der Waals surface area (Å²) in [5.41, 5.74) is 6.27. The lowest BCUT2D eigenvalue weighted by Crippen LogP contribution is -2.14. The van der Waals surface area contributed by atoms with Gasteiger partial charge in [-0.1, -0.05) is 30.3 Å². The molecule has 0 saturated heterocycles. The molecule has 0 fully saturated rings. The fourth-order valence-electron chi connectivity index (χ4n) is 0.683. The fourth-order valence-corrected chi connectivity index (χ4v) is 0.683. The molecular weight excluding hydrogens is 253 g/mol. The Morgan fingerprint density at radius 2 is 1.73 bits per heavy atom. The number of hydrazone groups is 1. The van der Waals surface area contributed by atoms with Crippen molar-refractivity contribution in [3.05, 3.63) is 35.9 Å². The monoisotopic (exact) mass is 263 g/mol. The van der Waals surface area contributed by atoms with Gasteiger partial charge in [0.15, 0.2) is 0 Å². The molecule has 0 aliphatic rings. The third-order valence-corrected chi connectivity index (χ3v) is 1.21. The fraction of sp³-hybridized carbons (Fsp3) is 0. The van der Waals surface area contributed by atoms with Crippen molar-refractivity contribution in [1.82, 2.24) is 0 Å². The van der Waals surface area contributed by atoms with Gasteiger partial charge in [-0.15, -0.1) is 24.0 Å². The van der Waals surface area contributed by atoms with E-state index < -0.39 is 0 Å². The van der Waals surface area contributed by atoms with Crippen LogP contribution in [-0.2, 0) is 0 Å². The third-order valence-electron chi connectivity index (χ3n) is 1.21. The first kappa shape index (κ1) is 10.2. The molecule has 0 radical (unpaired) electrons. The van der Waals surface area contributed by atoms with E-state index in [-0.39, 0.29) is 24.0 Å². The van der Waals surface area contributed by atoms with Crippen LogP contribution in [-0.4, -0.2) is 5.84 Å². The van der Waals surface area contributed by atoms with Gasteiger partial charge in [-0.2, -0.15) is 5.10 Å². The minimum Gasteiger partial charge on any atom is -0.382 e. The normalized spacial score (nSPS) is 10.4. The van der Waals surface area contributed by atoms with Gasteiger partial charge < -0.3 is 11.6 Å². The summed E-state index contributed by atoms with van der Waals surface area (Å²) in [6.45, 7) is 0. The number of rotatable bonds is 1. The Balaban J connectivity index is 0.000001000. The summed E-state index contributed by atoms with van der Waals surface area (Å²) in [7, 11) is 0. The van der Waals surface area contributed by atoms with Crippen LogP contribution in [0.3, 0.4) is 0 Å². The van der Waals surface area contributed by atoms with E-state index in [1.165, 1.54) is 0 Å². The van der Waals surface area contributed by atoms with E-state index in [1.807, 2.05) is 30.3 Å². The van der Waals surface area contributed by atoms with Gasteiger partial charge in [0.05, 0.1) is 0 Å². The molecule has 0 aliphatic carbocycles. The Bertz CT molecular complexity index is 233. The second-order valence-electron chi connectivity index (χ2n) is 1.88. The number of hydrogen-bond donors (Lipinski definition) is 2. The van der Waals surface area contributed by atoms with Crippen LogP contribution in [0.25, 0.3) is 0 Å². The molecule has 0 unspecified atom stereocenters. The SMILES string of the molecule is I.N/N=C(\N)c1ccccc1. The van der Waals surface area contributed by atoms with Crippen molar-refractivity contribution in [3.8, 4) is 0 Å². The largest absolute Gasteiger partial charge is 0.382 e. The maximum Gasteiger partial charge on any atom is 0.150 e. The van der Waals surface area contributed by atoms with Crippen molar-refractivity contribution in [3.63, 3.8) is 0 Å². The molecule has 0 aliphatic heterocycles. The number of nitrogens with two attached hydrogens (primary N) is 2. The second kappa shape index (κ2) is 4.95. The van der Waals surface area contributed by atoms with Crippen molar-refractivity contribution in [1.29, 1.82) is 0 Å². The summed E-state index contributed by atoms with van der Waals surface area (Å²) in [5.74, 6) is 5.33. The Hall–Kier alpha value is -0.780. The summed E-state index contributed by atoms with van der Waals surface area (Å²) in [5, 5.41) is 3.35. The number of benzene rings is 1. The van der Waals surface area contributed by atoms with Gasteiger partial charge in [0.25, 0.3) is 0 Å². The molecule has 60 valence electrons. The van der Waals surface area contributed by atoms with Crippen molar-refractivity contribution in [2.24, 2.45) is 16.7 Å². The highest BCUT2D eigenvalue weighted by Gasteiger charge is 1.92. The van der Waals surface area contributed by atoms with Crippen LogP contribution in [0.2, 0.25) is 0 Å². The lowest BCUT2D eigenvalue weighted by atomic mass is 10.2. The van der Waals surface area contributed by atoms with Crippen LogP contribution < -0.4 is 11.6 Å². The molecule has 4 heteroatoms. The molecule has 0 heterocycles. The minimum atomic E-state index is 0. The Kier molecular flexibility index (Phi) is 4.60. The maximum absolute atomic E-state index is 5.42. The molecule has 4 N–H and O–H groups in total. The van der Waals surface area contributed by atoms with Gasteiger partial charge in [-0.3, -0.25) is 0 Å². The quantitative estimate of drug-likeness (QED) is 0.260.